The standard InChI is InChI=1S/C14H19N3O3S/c1-12(17-6-8-20-9-7-17)11-16-21(18,19)14-4-2-13(10-15)3-5-14/h2-5,12,16H,6-9,11H2,1H3. The molecule has 1 saturated heterocycles. The minimum atomic E-state index is -3.54. The third-order valence-corrected chi connectivity index (χ3v) is 4.97. The highest BCUT2D eigenvalue weighted by molar-refractivity contribution is 7.89. The van der Waals surface area contributed by atoms with Gasteiger partial charge in [-0.1, -0.05) is 0 Å². The Balaban J connectivity index is 1.95. The first-order valence-electron chi connectivity index (χ1n) is 6.84. The molecule has 1 atom stereocenters. The van der Waals surface area contributed by atoms with Gasteiger partial charge in [0.05, 0.1) is 29.7 Å². The van der Waals surface area contributed by atoms with Gasteiger partial charge in [0.1, 0.15) is 0 Å². The predicted octanol–water partition coefficient (Wildman–Crippen LogP) is 0.557. The molecule has 0 bridgehead atoms. The smallest absolute Gasteiger partial charge is 0.240 e. The number of nitrogens with one attached hydrogen (secondary N) is 1. The normalized spacial score (nSPS) is 18.1. The fraction of sp³-hybridized carbons (Fsp3) is 0.500. The number of rotatable bonds is 5. The first-order valence-corrected chi connectivity index (χ1v) is 8.33. The Morgan fingerprint density at radius 1 is 1.33 bits per heavy atom. The van der Waals surface area contributed by atoms with Gasteiger partial charge in [-0.05, 0) is 31.2 Å². The topological polar surface area (TPSA) is 82.4 Å². The molecule has 7 heteroatoms. The molecule has 0 aromatic heterocycles. The molecule has 1 N–H and O–H groups in total. The van der Waals surface area contributed by atoms with E-state index in [2.05, 4.69) is 9.62 Å². The maximum Gasteiger partial charge on any atom is 0.240 e. The zero-order chi connectivity index (χ0) is 15.3. The highest BCUT2D eigenvalue weighted by Crippen LogP contribution is 2.10. The lowest BCUT2D eigenvalue weighted by Crippen LogP contribution is -2.47. The first-order chi connectivity index (χ1) is 10.0. The van der Waals surface area contributed by atoms with Crippen LogP contribution in [0.4, 0.5) is 0 Å². The lowest BCUT2D eigenvalue weighted by Gasteiger charge is -2.32. The van der Waals surface area contributed by atoms with Crippen LogP contribution in [0.25, 0.3) is 0 Å². The SMILES string of the molecule is CC(CNS(=O)(=O)c1ccc(C#N)cc1)N1CCOCC1. The van der Waals surface area contributed by atoms with E-state index in [1.807, 2.05) is 13.0 Å². The van der Waals surface area contributed by atoms with Gasteiger partial charge in [0.15, 0.2) is 0 Å². The summed E-state index contributed by atoms with van der Waals surface area (Å²) < 4.78 is 32.3. The van der Waals surface area contributed by atoms with Crippen molar-refractivity contribution in [1.29, 1.82) is 5.26 Å². The van der Waals surface area contributed by atoms with E-state index in [1.165, 1.54) is 24.3 Å². The summed E-state index contributed by atoms with van der Waals surface area (Å²) in [6.07, 6.45) is 0. The van der Waals surface area contributed by atoms with E-state index >= 15 is 0 Å². The second-order valence-corrected chi connectivity index (χ2v) is 6.75. The van der Waals surface area contributed by atoms with E-state index in [-0.39, 0.29) is 10.9 Å². The molecule has 1 aliphatic rings. The highest BCUT2D eigenvalue weighted by Gasteiger charge is 2.20. The van der Waals surface area contributed by atoms with Gasteiger partial charge >= 0.3 is 0 Å². The zero-order valence-electron chi connectivity index (χ0n) is 11.9. The number of hydrogen-bond donors (Lipinski definition) is 1. The van der Waals surface area contributed by atoms with E-state index < -0.39 is 10.0 Å². The summed E-state index contributed by atoms with van der Waals surface area (Å²) in [5.74, 6) is 0. The van der Waals surface area contributed by atoms with Crippen molar-refractivity contribution in [2.75, 3.05) is 32.8 Å². The molecule has 0 radical (unpaired) electrons. The molecule has 0 aliphatic carbocycles. The average molecular weight is 309 g/mol. The van der Waals surface area contributed by atoms with Crippen LogP contribution in [0.3, 0.4) is 0 Å². The second kappa shape index (κ2) is 7.00. The Morgan fingerprint density at radius 2 is 1.95 bits per heavy atom. The fourth-order valence-electron chi connectivity index (χ4n) is 2.17. The minimum absolute atomic E-state index is 0.113. The molecular weight excluding hydrogens is 290 g/mol. The van der Waals surface area contributed by atoms with E-state index in [1.54, 1.807) is 0 Å². The Kier molecular flexibility index (Phi) is 5.31. The third kappa shape index (κ3) is 4.25. The van der Waals surface area contributed by atoms with Crippen LogP contribution in [0.15, 0.2) is 29.2 Å². The summed E-state index contributed by atoms with van der Waals surface area (Å²) >= 11 is 0. The van der Waals surface area contributed by atoms with E-state index in [9.17, 15) is 8.42 Å². The largest absolute Gasteiger partial charge is 0.379 e. The van der Waals surface area contributed by atoms with Crippen LogP contribution in [0.5, 0.6) is 0 Å². The van der Waals surface area contributed by atoms with Gasteiger partial charge in [0.25, 0.3) is 0 Å². The molecule has 0 saturated carbocycles. The third-order valence-electron chi connectivity index (χ3n) is 3.53. The van der Waals surface area contributed by atoms with Crippen molar-refractivity contribution in [3.63, 3.8) is 0 Å². The van der Waals surface area contributed by atoms with Crippen LogP contribution < -0.4 is 4.72 Å². The average Bonchev–Trinajstić information content (AvgIpc) is 2.53. The van der Waals surface area contributed by atoms with Crippen LogP contribution in [-0.4, -0.2) is 52.2 Å². The van der Waals surface area contributed by atoms with Crippen molar-refractivity contribution in [3.05, 3.63) is 29.8 Å². The lowest BCUT2D eigenvalue weighted by atomic mass is 10.2. The monoisotopic (exact) mass is 309 g/mol. The van der Waals surface area contributed by atoms with Crippen molar-refractivity contribution in [2.45, 2.75) is 17.9 Å². The number of benzene rings is 1. The van der Waals surface area contributed by atoms with Crippen LogP contribution in [-0.2, 0) is 14.8 Å². The molecule has 2 rings (SSSR count). The van der Waals surface area contributed by atoms with Crippen molar-refractivity contribution in [2.24, 2.45) is 0 Å². The molecule has 114 valence electrons. The van der Waals surface area contributed by atoms with Crippen LogP contribution in [0.1, 0.15) is 12.5 Å². The Morgan fingerprint density at radius 3 is 2.52 bits per heavy atom. The number of nitriles is 1. The summed E-state index contributed by atoms with van der Waals surface area (Å²) in [4.78, 5) is 2.38. The minimum Gasteiger partial charge on any atom is -0.379 e. The molecule has 1 heterocycles. The molecule has 21 heavy (non-hydrogen) atoms. The van der Waals surface area contributed by atoms with Gasteiger partial charge in [-0.25, -0.2) is 13.1 Å². The van der Waals surface area contributed by atoms with E-state index in [4.69, 9.17) is 10.00 Å². The van der Waals surface area contributed by atoms with Crippen LogP contribution >= 0.6 is 0 Å². The summed E-state index contributed by atoms with van der Waals surface area (Å²) in [5, 5.41) is 8.72. The first kappa shape index (κ1) is 15.9. The predicted molar refractivity (Wildman–Crippen MR) is 78.2 cm³/mol. The Bertz CT molecular complexity index is 601. The Hall–Kier alpha value is -1.46. The van der Waals surface area contributed by atoms with Crippen LogP contribution in [0, 0.1) is 11.3 Å². The highest BCUT2D eigenvalue weighted by atomic mass is 32.2. The quantitative estimate of drug-likeness (QED) is 0.859. The molecule has 1 aromatic rings. The van der Waals surface area contributed by atoms with E-state index in [0.717, 1.165) is 13.1 Å². The van der Waals surface area contributed by atoms with E-state index in [0.29, 0.717) is 25.3 Å². The van der Waals surface area contributed by atoms with Gasteiger partial charge in [0.2, 0.25) is 10.0 Å². The maximum absolute atomic E-state index is 12.2. The molecule has 0 spiro atoms. The van der Waals surface area contributed by atoms with Gasteiger partial charge in [0, 0.05) is 25.7 Å². The molecule has 1 unspecified atom stereocenters. The molecule has 1 fully saturated rings. The maximum atomic E-state index is 12.2. The van der Waals surface area contributed by atoms with Crippen LogP contribution in [0.2, 0.25) is 0 Å². The lowest BCUT2D eigenvalue weighted by molar-refractivity contribution is 0.0213. The molecule has 0 amide bonds. The number of hydrogen-bond acceptors (Lipinski definition) is 5. The van der Waals surface area contributed by atoms with Gasteiger partial charge < -0.3 is 4.74 Å². The van der Waals surface area contributed by atoms with Crippen molar-refractivity contribution < 1.29 is 13.2 Å². The van der Waals surface area contributed by atoms with Gasteiger partial charge in [-0.3, -0.25) is 4.90 Å². The molecule has 6 nitrogen and oxygen atoms in total. The second-order valence-electron chi connectivity index (χ2n) is 4.99. The number of sulfonamides is 1. The molecular formula is C14H19N3O3S. The van der Waals surface area contributed by atoms with Gasteiger partial charge in [-0.2, -0.15) is 5.26 Å². The zero-order valence-corrected chi connectivity index (χ0v) is 12.8. The summed E-state index contributed by atoms with van der Waals surface area (Å²) in [6, 6.07) is 7.97. The summed E-state index contributed by atoms with van der Waals surface area (Å²) in [5.41, 5.74) is 0.440. The van der Waals surface area contributed by atoms with Crippen molar-refractivity contribution in [1.82, 2.24) is 9.62 Å². The fourth-order valence-corrected chi connectivity index (χ4v) is 3.29. The molecule has 1 aromatic carbocycles. The molecule has 1 aliphatic heterocycles. The number of morpholine rings is 1. The Labute approximate surface area is 125 Å². The number of ether oxygens (including phenoxy) is 1. The summed E-state index contributed by atoms with van der Waals surface area (Å²) in [6.45, 7) is 5.36. The van der Waals surface area contributed by atoms with Crippen molar-refractivity contribution in [3.8, 4) is 6.07 Å². The number of nitrogens with zero attached hydrogens (tertiary/aromatic N) is 2. The van der Waals surface area contributed by atoms with Crippen molar-refractivity contribution >= 4 is 10.0 Å². The van der Waals surface area contributed by atoms with Gasteiger partial charge in [-0.15, -0.1) is 0 Å². The summed E-state index contributed by atoms with van der Waals surface area (Å²) in [7, 11) is -3.54.